The van der Waals surface area contributed by atoms with E-state index in [1.165, 1.54) is 6.20 Å². The standard InChI is InChI=1S/C20H17N3O2/c1-25-16-9-7-15(8-10-16)18-13-23-19(24)12-21-20(23)17(22-18)11-14-5-3-2-4-6-14/h2-10,12-13,24H,11H2,1H3. The molecule has 2 aromatic carbocycles. The van der Waals surface area contributed by atoms with Crippen molar-refractivity contribution < 1.29 is 9.84 Å². The number of hydrogen-bond acceptors (Lipinski definition) is 4. The molecule has 1 N–H and O–H groups in total. The van der Waals surface area contributed by atoms with Gasteiger partial charge in [-0.25, -0.2) is 9.97 Å². The number of ether oxygens (including phenoxy) is 1. The second kappa shape index (κ2) is 6.28. The molecule has 0 atom stereocenters. The lowest BCUT2D eigenvalue weighted by Crippen LogP contribution is -2.01. The van der Waals surface area contributed by atoms with Crippen molar-refractivity contribution in [1.29, 1.82) is 0 Å². The van der Waals surface area contributed by atoms with Crippen LogP contribution in [0.3, 0.4) is 0 Å². The summed E-state index contributed by atoms with van der Waals surface area (Å²) in [6, 6.07) is 17.8. The third kappa shape index (κ3) is 2.92. The molecule has 5 nitrogen and oxygen atoms in total. The second-order valence-corrected chi connectivity index (χ2v) is 5.77. The van der Waals surface area contributed by atoms with Crippen LogP contribution >= 0.6 is 0 Å². The highest BCUT2D eigenvalue weighted by atomic mass is 16.5. The van der Waals surface area contributed by atoms with Crippen LogP contribution in [0, 0.1) is 0 Å². The smallest absolute Gasteiger partial charge is 0.215 e. The van der Waals surface area contributed by atoms with Gasteiger partial charge in [-0.05, 0) is 29.8 Å². The molecule has 124 valence electrons. The molecule has 0 aliphatic carbocycles. The number of rotatable bonds is 4. The van der Waals surface area contributed by atoms with E-state index in [9.17, 15) is 5.11 Å². The van der Waals surface area contributed by atoms with Crippen LogP contribution in [0.5, 0.6) is 11.6 Å². The summed E-state index contributed by atoms with van der Waals surface area (Å²) in [4.78, 5) is 9.11. The van der Waals surface area contributed by atoms with Gasteiger partial charge in [0.05, 0.1) is 24.7 Å². The van der Waals surface area contributed by atoms with Gasteiger partial charge >= 0.3 is 0 Å². The van der Waals surface area contributed by atoms with Gasteiger partial charge in [-0.1, -0.05) is 30.3 Å². The van der Waals surface area contributed by atoms with E-state index in [0.717, 1.165) is 28.3 Å². The topological polar surface area (TPSA) is 59.7 Å². The summed E-state index contributed by atoms with van der Waals surface area (Å²) in [6.45, 7) is 0. The predicted molar refractivity (Wildman–Crippen MR) is 95.9 cm³/mol. The third-order valence-corrected chi connectivity index (χ3v) is 4.14. The maximum Gasteiger partial charge on any atom is 0.215 e. The fraction of sp³-hybridized carbons (Fsp3) is 0.100. The van der Waals surface area contributed by atoms with Crippen molar-refractivity contribution in [2.75, 3.05) is 7.11 Å². The zero-order valence-electron chi connectivity index (χ0n) is 13.8. The highest BCUT2D eigenvalue weighted by Gasteiger charge is 2.13. The molecular formula is C20H17N3O2. The average Bonchev–Trinajstić information content (AvgIpc) is 3.04. The molecule has 2 aromatic heterocycles. The number of benzene rings is 2. The Balaban J connectivity index is 1.83. The van der Waals surface area contributed by atoms with E-state index in [1.807, 2.05) is 42.5 Å². The SMILES string of the molecule is COc1ccc(-c2cn3c(O)cnc3c(Cc3ccccc3)n2)cc1. The first kappa shape index (κ1) is 15.2. The van der Waals surface area contributed by atoms with E-state index in [-0.39, 0.29) is 5.88 Å². The van der Waals surface area contributed by atoms with Crippen molar-refractivity contribution in [3.63, 3.8) is 0 Å². The number of nitrogens with zero attached hydrogens (tertiary/aromatic N) is 3. The first-order valence-electron chi connectivity index (χ1n) is 7.99. The summed E-state index contributed by atoms with van der Waals surface area (Å²) in [6.07, 6.45) is 3.89. The van der Waals surface area contributed by atoms with E-state index < -0.39 is 0 Å². The summed E-state index contributed by atoms with van der Waals surface area (Å²) in [7, 11) is 1.64. The van der Waals surface area contributed by atoms with Crippen LogP contribution in [-0.2, 0) is 6.42 Å². The zero-order valence-corrected chi connectivity index (χ0v) is 13.8. The fourth-order valence-corrected chi connectivity index (χ4v) is 2.85. The lowest BCUT2D eigenvalue weighted by molar-refractivity contribution is 0.415. The first-order chi connectivity index (χ1) is 12.2. The highest BCUT2D eigenvalue weighted by molar-refractivity contribution is 5.63. The minimum absolute atomic E-state index is 0.0986. The van der Waals surface area contributed by atoms with E-state index >= 15 is 0 Å². The maximum absolute atomic E-state index is 10.1. The maximum atomic E-state index is 10.1. The molecular weight excluding hydrogens is 314 g/mol. The molecule has 0 spiro atoms. The van der Waals surface area contributed by atoms with Crippen molar-refractivity contribution >= 4 is 5.65 Å². The van der Waals surface area contributed by atoms with Gasteiger partial charge in [0.25, 0.3) is 0 Å². The molecule has 0 radical (unpaired) electrons. The lowest BCUT2D eigenvalue weighted by Gasteiger charge is -2.09. The van der Waals surface area contributed by atoms with Crippen molar-refractivity contribution in [3.8, 4) is 22.9 Å². The van der Waals surface area contributed by atoms with Crippen LogP contribution < -0.4 is 4.74 Å². The van der Waals surface area contributed by atoms with Crippen LogP contribution in [0.4, 0.5) is 0 Å². The van der Waals surface area contributed by atoms with Crippen molar-refractivity contribution in [1.82, 2.24) is 14.4 Å². The Kier molecular flexibility index (Phi) is 3.82. The van der Waals surface area contributed by atoms with Crippen LogP contribution in [0.15, 0.2) is 67.0 Å². The van der Waals surface area contributed by atoms with Gasteiger partial charge < -0.3 is 9.84 Å². The lowest BCUT2D eigenvalue weighted by atomic mass is 10.1. The van der Waals surface area contributed by atoms with Crippen molar-refractivity contribution in [2.45, 2.75) is 6.42 Å². The van der Waals surface area contributed by atoms with Crippen molar-refractivity contribution in [2.24, 2.45) is 0 Å². The van der Waals surface area contributed by atoms with Crippen molar-refractivity contribution in [3.05, 3.63) is 78.2 Å². The van der Waals surface area contributed by atoms with Gasteiger partial charge in [0.2, 0.25) is 5.88 Å². The summed E-state index contributed by atoms with van der Waals surface area (Å²) in [5.41, 5.74) is 4.35. The van der Waals surface area contributed by atoms with Crippen LogP contribution in [0.1, 0.15) is 11.3 Å². The largest absolute Gasteiger partial charge is 0.497 e. The Bertz CT molecular complexity index is 1010. The quantitative estimate of drug-likeness (QED) is 0.619. The molecule has 0 saturated heterocycles. The van der Waals surface area contributed by atoms with E-state index in [0.29, 0.717) is 12.1 Å². The van der Waals surface area contributed by atoms with Gasteiger partial charge in [-0.15, -0.1) is 0 Å². The summed E-state index contributed by atoms with van der Waals surface area (Å²) < 4.78 is 6.88. The molecule has 5 heteroatoms. The molecule has 25 heavy (non-hydrogen) atoms. The molecule has 0 aliphatic heterocycles. The number of fused-ring (bicyclic) bond motifs is 1. The molecule has 0 saturated carbocycles. The minimum Gasteiger partial charge on any atom is -0.497 e. The Hall–Kier alpha value is -3.34. The summed E-state index contributed by atoms with van der Waals surface area (Å²) in [5.74, 6) is 0.890. The Morgan fingerprint density at radius 2 is 1.80 bits per heavy atom. The summed E-state index contributed by atoms with van der Waals surface area (Å²) in [5, 5.41) is 10.1. The summed E-state index contributed by atoms with van der Waals surface area (Å²) >= 11 is 0. The second-order valence-electron chi connectivity index (χ2n) is 5.77. The Labute approximate surface area is 145 Å². The number of hydrogen-bond donors (Lipinski definition) is 1. The Morgan fingerprint density at radius 1 is 1.04 bits per heavy atom. The predicted octanol–water partition coefficient (Wildman–Crippen LogP) is 3.70. The molecule has 0 unspecified atom stereocenters. The first-order valence-corrected chi connectivity index (χ1v) is 7.99. The monoisotopic (exact) mass is 331 g/mol. The van der Waals surface area contributed by atoms with E-state index in [2.05, 4.69) is 17.1 Å². The molecule has 2 heterocycles. The van der Waals surface area contributed by atoms with Gasteiger partial charge in [-0.3, -0.25) is 4.40 Å². The normalized spacial score (nSPS) is 10.9. The molecule has 0 fully saturated rings. The van der Waals surface area contributed by atoms with Crippen LogP contribution in [-0.4, -0.2) is 26.6 Å². The number of aromatic hydroxyl groups is 1. The number of aromatic nitrogens is 3. The van der Waals surface area contributed by atoms with Crippen LogP contribution in [0.2, 0.25) is 0 Å². The molecule has 4 aromatic rings. The van der Waals surface area contributed by atoms with Gasteiger partial charge in [0.15, 0.2) is 5.65 Å². The van der Waals surface area contributed by atoms with Gasteiger partial charge in [0.1, 0.15) is 5.75 Å². The minimum atomic E-state index is 0.0986. The fourth-order valence-electron chi connectivity index (χ4n) is 2.85. The molecule has 0 amide bonds. The number of imidazole rings is 1. The Morgan fingerprint density at radius 3 is 2.52 bits per heavy atom. The van der Waals surface area contributed by atoms with E-state index in [1.54, 1.807) is 17.7 Å². The third-order valence-electron chi connectivity index (χ3n) is 4.14. The van der Waals surface area contributed by atoms with Gasteiger partial charge in [-0.2, -0.15) is 0 Å². The van der Waals surface area contributed by atoms with Gasteiger partial charge in [0, 0.05) is 18.2 Å². The van der Waals surface area contributed by atoms with E-state index in [4.69, 9.17) is 9.72 Å². The number of methoxy groups -OCH3 is 1. The van der Waals surface area contributed by atoms with Crippen LogP contribution in [0.25, 0.3) is 16.9 Å². The zero-order chi connectivity index (χ0) is 17.2. The highest BCUT2D eigenvalue weighted by Crippen LogP contribution is 2.25. The average molecular weight is 331 g/mol. The molecule has 0 aliphatic rings. The molecule has 4 rings (SSSR count). The molecule has 0 bridgehead atoms.